The lowest BCUT2D eigenvalue weighted by Crippen LogP contribution is -2.40. The number of likely N-dealkylation sites (N-methyl/N-ethyl adjacent to an activating group) is 1. The predicted molar refractivity (Wildman–Crippen MR) is 92.5 cm³/mol. The summed E-state index contributed by atoms with van der Waals surface area (Å²) in [5.74, 6) is 0. The number of rotatable bonds is 5. The molecule has 3 N–H and O–H groups in total. The minimum absolute atomic E-state index is 0.211. The molecule has 2 aliphatic heterocycles. The largest absolute Gasteiger partial charge is 0.361 e. The van der Waals surface area contributed by atoms with Gasteiger partial charge in [0.05, 0.1) is 17.4 Å². The molecule has 118 valence electrons. The molecule has 2 aliphatic rings. The van der Waals surface area contributed by atoms with E-state index < -0.39 is 0 Å². The lowest BCUT2D eigenvalue weighted by Gasteiger charge is -2.31. The van der Waals surface area contributed by atoms with E-state index in [-0.39, 0.29) is 6.04 Å². The van der Waals surface area contributed by atoms with Crippen LogP contribution in [0.5, 0.6) is 0 Å². The zero-order valence-corrected chi connectivity index (χ0v) is 13.4. The minimum Gasteiger partial charge on any atom is -0.361 e. The minimum atomic E-state index is 0.211. The summed E-state index contributed by atoms with van der Waals surface area (Å²) in [6, 6.07) is 8.95. The van der Waals surface area contributed by atoms with Gasteiger partial charge in [0.15, 0.2) is 0 Å². The monoisotopic (exact) mass is 299 g/mol. The van der Waals surface area contributed by atoms with Gasteiger partial charge in [0, 0.05) is 32.0 Å². The molecular weight excluding hydrogens is 274 g/mol. The van der Waals surface area contributed by atoms with Gasteiger partial charge in [-0.3, -0.25) is 4.99 Å². The van der Waals surface area contributed by atoms with Crippen molar-refractivity contribution in [3.8, 4) is 0 Å². The fourth-order valence-electron chi connectivity index (χ4n) is 3.22. The maximum absolute atomic E-state index is 5.72. The Hall–Kier alpha value is -1.85. The summed E-state index contributed by atoms with van der Waals surface area (Å²) in [6.45, 7) is 3.79. The number of hydrogen-bond donors (Lipinski definition) is 2. The Kier molecular flexibility index (Phi) is 4.45. The maximum atomic E-state index is 5.72. The summed E-state index contributed by atoms with van der Waals surface area (Å²) >= 11 is 0. The number of benzene rings is 1. The number of nitrogens with one attached hydrogen (secondary N) is 1. The molecule has 22 heavy (non-hydrogen) atoms. The lowest BCUT2D eigenvalue weighted by molar-refractivity contribution is 0.206. The highest BCUT2D eigenvalue weighted by atomic mass is 15.5. The molecule has 0 saturated carbocycles. The second-order valence-corrected chi connectivity index (χ2v) is 5.91. The molecule has 1 aromatic carbocycles. The summed E-state index contributed by atoms with van der Waals surface area (Å²) < 4.78 is 0. The molecule has 0 aliphatic carbocycles. The molecule has 0 saturated heterocycles. The van der Waals surface area contributed by atoms with E-state index in [4.69, 9.17) is 5.73 Å². The lowest BCUT2D eigenvalue weighted by atomic mass is 10.1. The van der Waals surface area contributed by atoms with E-state index in [9.17, 15) is 0 Å². The fourth-order valence-corrected chi connectivity index (χ4v) is 3.22. The van der Waals surface area contributed by atoms with Gasteiger partial charge >= 0.3 is 0 Å². The molecule has 0 spiro atoms. The van der Waals surface area contributed by atoms with E-state index in [0.29, 0.717) is 6.04 Å². The number of nitrogens with zero attached hydrogens (tertiary/aromatic N) is 3. The molecule has 0 bridgehead atoms. The molecule has 0 aromatic heterocycles. The van der Waals surface area contributed by atoms with Crippen molar-refractivity contribution in [3.63, 3.8) is 0 Å². The van der Waals surface area contributed by atoms with Gasteiger partial charge in [0.2, 0.25) is 0 Å². The quantitative estimate of drug-likeness (QED) is 0.873. The molecule has 2 heterocycles. The van der Waals surface area contributed by atoms with Crippen LogP contribution in [0.1, 0.15) is 19.8 Å². The molecule has 0 amide bonds. The van der Waals surface area contributed by atoms with Crippen LogP contribution in [0.4, 0.5) is 11.4 Å². The highest BCUT2D eigenvalue weighted by molar-refractivity contribution is 5.86. The predicted octanol–water partition coefficient (Wildman–Crippen LogP) is 2.04. The number of aliphatic imine (C=N–C) groups is 1. The van der Waals surface area contributed by atoms with Gasteiger partial charge in [0.1, 0.15) is 0 Å². The van der Waals surface area contributed by atoms with Crippen LogP contribution in [0.2, 0.25) is 0 Å². The number of nitrogens with two attached hydrogens (primary N) is 1. The SMILES string of the molecule is CCC(CCN)N1C=C(C2C=Nc3ccccc3N2C)CN1. The van der Waals surface area contributed by atoms with Gasteiger partial charge in [-0.15, -0.1) is 0 Å². The van der Waals surface area contributed by atoms with Gasteiger partial charge in [-0.05, 0) is 37.1 Å². The van der Waals surface area contributed by atoms with Crippen LogP contribution in [0, 0.1) is 0 Å². The summed E-state index contributed by atoms with van der Waals surface area (Å²) in [6.07, 6.45) is 6.38. The van der Waals surface area contributed by atoms with Crippen LogP contribution in [0.15, 0.2) is 41.0 Å². The smallest absolute Gasteiger partial charge is 0.0885 e. The van der Waals surface area contributed by atoms with Crippen molar-refractivity contribution in [2.24, 2.45) is 10.7 Å². The number of anilines is 1. The number of hydrogen-bond acceptors (Lipinski definition) is 5. The van der Waals surface area contributed by atoms with Crippen LogP contribution in [-0.2, 0) is 0 Å². The first-order valence-electron chi connectivity index (χ1n) is 8.03. The Bertz CT molecular complexity index is 580. The Morgan fingerprint density at radius 3 is 3.00 bits per heavy atom. The Labute approximate surface area is 132 Å². The summed E-state index contributed by atoms with van der Waals surface area (Å²) in [5.41, 5.74) is 12.8. The van der Waals surface area contributed by atoms with Crippen molar-refractivity contribution in [1.82, 2.24) is 10.4 Å². The first-order chi connectivity index (χ1) is 10.7. The Balaban J connectivity index is 1.78. The number of hydrazine groups is 1. The summed E-state index contributed by atoms with van der Waals surface area (Å²) in [7, 11) is 2.13. The van der Waals surface area contributed by atoms with Crippen molar-refractivity contribution in [1.29, 1.82) is 0 Å². The van der Waals surface area contributed by atoms with Crippen molar-refractivity contribution >= 4 is 17.6 Å². The maximum Gasteiger partial charge on any atom is 0.0885 e. The summed E-state index contributed by atoms with van der Waals surface area (Å²) in [5, 5.41) is 2.23. The fraction of sp³-hybridized carbons (Fsp3) is 0.471. The number of para-hydroxylation sites is 2. The third-order valence-electron chi connectivity index (χ3n) is 4.55. The van der Waals surface area contributed by atoms with E-state index in [0.717, 1.165) is 31.6 Å². The van der Waals surface area contributed by atoms with Gasteiger partial charge < -0.3 is 15.6 Å². The van der Waals surface area contributed by atoms with Crippen molar-refractivity contribution < 1.29 is 0 Å². The Morgan fingerprint density at radius 2 is 2.23 bits per heavy atom. The van der Waals surface area contributed by atoms with Crippen molar-refractivity contribution in [3.05, 3.63) is 36.0 Å². The zero-order valence-electron chi connectivity index (χ0n) is 13.4. The van der Waals surface area contributed by atoms with E-state index in [1.807, 2.05) is 12.3 Å². The molecule has 0 radical (unpaired) electrons. The van der Waals surface area contributed by atoms with E-state index in [2.05, 4.69) is 58.7 Å². The van der Waals surface area contributed by atoms with Crippen LogP contribution in [0.25, 0.3) is 0 Å². The second kappa shape index (κ2) is 6.50. The molecule has 1 aromatic rings. The summed E-state index contributed by atoms with van der Waals surface area (Å²) in [4.78, 5) is 6.92. The van der Waals surface area contributed by atoms with Gasteiger partial charge in [-0.1, -0.05) is 19.1 Å². The average Bonchev–Trinajstić information content (AvgIpc) is 3.02. The van der Waals surface area contributed by atoms with Gasteiger partial charge in [0.25, 0.3) is 0 Å². The van der Waals surface area contributed by atoms with Crippen molar-refractivity contribution in [2.45, 2.75) is 31.8 Å². The molecule has 5 heteroatoms. The highest BCUT2D eigenvalue weighted by Crippen LogP contribution is 2.33. The van der Waals surface area contributed by atoms with E-state index >= 15 is 0 Å². The average molecular weight is 299 g/mol. The van der Waals surface area contributed by atoms with Gasteiger partial charge in [-0.25, -0.2) is 5.43 Å². The molecule has 5 nitrogen and oxygen atoms in total. The topological polar surface area (TPSA) is 56.9 Å². The number of fused-ring (bicyclic) bond motifs is 1. The first kappa shape index (κ1) is 15.1. The van der Waals surface area contributed by atoms with Crippen LogP contribution in [0.3, 0.4) is 0 Å². The third-order valence-corrected chi connectivity index (χ3v) is 4.55. The Morgan fingerprint density at radius 1 is 1.41 bits per heavy atom. The van der Waals surface area contributed by atoms with E-state index in [1.54, 1.807) is 0 Å². The highest BCUT2D eigenvalue weighted by Gasteiger charge is 2.28. The molecule has 2 atom stereocenters. The van der Waals surface area contributed by atoms with Crippen LogP contribution >= 0.6 is 0 Å². The van der Waals surface area contributed by atoms with Crippen LogP contribution in [-0.4, -0.2) is 43.4 Å². The van der Waals surface area contributed by atoms with E-state index in [1.165, 1.54) is 11.3 Å². The normalized spacial score (nSPS) is 21.8. The van der Waals surface area contributed by atoms with Gasteiger partial charge in [-0.2, -0.15) is 0 Å². The zero-order chi connectivity index (χ0) is 15.5. The molecule has 3 rings (SSSR count). The molecule has 2 unspecified atom stereocenters. The third kappa shape index (κ3) is 2.74. The second-order valence-electron chi connectivity index (χ2n) is 5.91. The van der Waals surface area contributed by atoms with Crippen LogP contribution < -0.4 is 16.1 Å². The molecular formula is C17H25N5. The standard InChI is InChI=1S/C17H25N5/c1-3-14(8-9-18)22-12-13(10-20-22)17-11-19-15-6-4-5-7-16(15)21(17)2/h4-7,11-12,14,17,20H,3,8-10,18H2,1-2H3. The van der Waals surface area contributed by atoms with Crippen molar-refractivity contribution in [2.75, 3.05) is 25.0 Å². The first-order valence-corrected chi connectivity index (χ1v) is 8.03. The molecule has 0 fully saturated rings.